The van der Waals surface area contributed by atoms with Crippen LogP contribution in [0.25, 0.3) is 0 Å². The van der Waals surface area contributed by atoms with Crippen LogP contribution >= 0.6 is 34.7 Å². The lowest BCUT2D eigenvalue weighted by Gasteiger charge is -2.25. The third-order valence-electron chi connectivity index (χ3n) is 2.68. The molecule has 1 saturated heterocycles. The maximum absolute atomic E-state index is 5.91. The van der Waals surface area contributed by atoms with Crippen LogP contribution in [0.15, 0.2) is 12.1 Å². The van der Waals surface area contributed by atoms with Gasteiger partial charge in [-0.05, 0) is 37.1 Å². The number of hydrogen-bond acceptors (Lipinski definition) is 3. The van der Waals surface area contributed by atoms with Gasteiger partial charge in [0.2, 0.25) is 0 Å². The molecule has 2 rings (SSSR count). The van der Waals surface area contributed by atoms with Gasteiger partial charge in [-0.3, -0.25) is 0 Å². The van der Waals surface area contributed by atoms with Crippen molar-refractivity contribution in [2.24, 2.45) is 5.73 Å². The zero-order valence-corrected chi connectivity index (χ0v) is 10.4. The van der Waals surface area contributed by atoms with Gasteiger partial charge in [0.15, 0.2) is 0 Å². The average Bonchev–Trinajstić information content (AvgIpc) is 2.77. The largest absolute Gasteiger partial charge is 0.329 e. The zero-order chi connectivity index (χ0) is 10.0. The van der Waals surface area contributed by atoms with Crippen molar-refractivity contribution in [3.05, 3.63) is 21.3 Å². The number of thiophene rings is 1. The molecule has 0 spiro atoms. The molecule has 0 aliphatic carbocycles. The highest BCUT2D eigenvalue weighted by Crippen LogP contribution is 2.41. The van der Waals surface area contributed by atoms with E-state index in [1.54, 1.807) is 11.3 Å². The first-order valence-electron chi connectivity index (χ1n) is 4.82. The number of thioether (sulfide) groups is 1. The Kier molecular flexibility index (Phi) is 3.42. The molecule has 1 aromatic heterocycles. The fraction of sp³-hybridized carbons (Fsp3) is 0.600. The van der Waals surface area contributed by atoms with Crippen LogP contribution in [0.3, 0.4) is 0 Å². The monoisotopic (exact) mass is 247 g/mol. The number of nitrogens with two attached hydrogens (primary N) is 1. The van der Waals surface area contributed by atoms with Gasteiger partial charge >= 0.3 is 0 Å². The molecular formula is C10H14ClNS2. The summed E-state index contributed by atoms with van der Waals surface area (Å²) in [6.07, 6.45) is 3.65. The molecule has 0 saturated carbocycles. The summed E-state index contributed by atoms with van der Waals surface area (Å²) in [6, 6.07) is 4.11. The van der Waals surface area contributed by atoms with Crippen LogP contribution in [0, 0.1) is 0 Å². The summed E-state index contributed by atoms with van der Waals surface area (Å²) in [5, 5.41) is 0. The van der Waals surface area contributed by atoms with E-state index in [0.717, 1.165) is 17.3 Å². The second kappa shape index (κ2) is 4.44. The van der Waals surface area contributed by atoms with Crippen molar-refractivity contribution in [1.29, 1.82) is 0 Å². The molecule has 1 nitrogen and oxygen atoms in total. The van der Waals surface area contributed by atoms with Gasteiger partial charge in [-0.25, -0.2) is 0 Å². The zero-order valence-electron chi connectivity index (χ0n) is 7.96. The quantitative estimate of drug-likeness (QED) is 0.888. The third kappa shape index (κ3) is 2.27. The normalized spacial score (nSPS) is 27.0. The minimum Gasteiger partial charge on any atom is -0.329 e. The molecule has 1 aromatic rings. The topological polar surface area (TPSA) is 26.0 Å². The number of hydrogen-bond donors (Lipinski definition) is 1. The molecule has 1 aliphatic rings. The van der Waals surface area contributed by atoms with Gasteiger partial charge in [0.1, 0.15) is 0 Å². The van der Waals surface area contributed by atoms with Gasteiger partial charge in [-0.2, -0.15) is 11.8 Å². The third-order valence-corrected chi connectivity index (χ3v) is 5.53. The lowest BCUT2D eigenvalue weighted by Crippen LogP contribution is -2.33. The van der Waals surface area contributed by atoms with Gasteiger partial charge < -0.3 is 5.73 Å². The summed E-state index contributed by atoms with van der Waals surface area (Å²) in [5.41, 5.74) is 5.87. The molecule has 2 N–H and O–H groups in total. The summed E-state index contributed by atoms with van der Waals surface area (Å²) in [5.74, 6) is 1.26. The number of halogens is 1. The van der Waals surface area contributed by atoms with Crippen LogP contribution in [-0.2, 0) is 6.42 Å². The predicted molar refractivity (Wildman–Crippen MR) is 66.5 cm³/mol. The molecule has 1 atom stereocenters. The molecule has 78 valence electrons. The minimum atomic E-state index is 0.300. The van der Waals surface area contributed by atoms with Crippen molar-refractivity contribution in [3.63, 3.8) is 0 Å². The van der Waals surface area contributed by atoms with E-state index < -0.39 is 0 Å². The SMILES string of the molecule is NCC1(Cc2ccc(Cl)s2)CCCS1. The molecule has 2 heterocycles. The van der Waals surface area contributed by atoms with Crippen LogP contribution in [-0.4, -0.2) is 17.0 Å². The van der Waals surface area contributed by atoms with E-state index in [-0.39, 0.29) is 0 Å². The first kappa shape index (κ1) is 10.8. The molecule has 0 amide bonds. The Labute approximate surface area is 98.0 Å². The summed E-state index contributed by atoms with van der Waals surface area (Å²) in [6.45, 7) is 0.785. The van der Waals surface area contributed by atoms with Gasteiger partial charge in [-0.1, -0.05) is 11.6 Å². The highest BCUT2D eigenvalue weighted by atomic mass is 35.5. The van der Waals surface area contributed by atoms with Crippen molar-refractivity contribution < 1.29 is 0 Å². The molecule has 1 fully saturated rings. The van der Waals surface area contributed by atoms with Gasteiger partial charge in [-0.15, -0.1) is 11.3 Å². The van der Waals surface area contributed by atoms with E-state index in [0.29, 0.717) is 4.75 Å². The molecule has 0 bridgehead atoms. The summed E-state index contributed by atoms with van der Waals surface area (Å²) in [7, 11) is 0. The molecule has 1 aliphatic heterocycles. The second-order valence-electron chi connectivity index (χ2n) is 3.72. The Morgan fingerprint density at radius 2 is 2.36 bits per heavy atom. The van der Waals surface area contributed by atoms with Crippen molar-refractivity contribution in [1.82, 2.24) is 0 Å². The van der Waals surface area contributed by atoms with Crippen molar-refractivity contribution in [2.75, 3.05) is 12.3 Å². The van der Waals surface area contributed by atoms with Crippen LogP contribution < -0.4 is 5.73 Å². The lowest BCUT2D eigenvalue weighted by atomic mass is 9.98. The van der Waals surface area contributed by atoms with Crippen LogP contribution in [0.2, 0.25) is 4.34 Å². The van der Waals surface area contributed by atoms with Gasteiger partial charge in [0.05, 0.1) is 4.34 Å². The van der Waals surface area contributed by atoms with Gasteiger partial charge in [0.25, 0.3) is 0 Å². The summed E-state index contributed by atoms with van der Waals surface area (Å²) < 4.78 is 1.18. The van der Waals surface area contributed by atoms with E-state index in [4.69, 9.17) is 17.3 Å². The first-order valence-corrected chi connectivity index (χ1v) is 7.00. The maximum Gasteiger partial charge on any atom is 0.0931 e. The second-order valence-corrected chi connectivity index (χ2v) is 7.08. The van der Waals surface area contributed by atoms with Crippen molar-refractivity contribution >= 4 is 34.7 Å². The standard InChI is InChI=1S/C10H14ClNS2/c11-9-3-2-8(14-9)6-10(7-12)4-1-5-13-10/h2-3H,1,4-7,12H2. The number of rotatable bonds is 3. The average molecular weight is 248 g/mol. The van der Waals surface area contributed by atoms with E-state index in [9.17, 15) is 0 Å². The molecular weight excluding hydrogens is 234 g/mol. The van der Waals surface area contributed by atoms with Gasteiger partial charge in [0, 0.05) is 16.2 Å². The van der Waals surface area contributed by atoms with Crippen LogP contribution in [0.4, 0.5) is 0 Å². The highest BCUT2D eigenvalue weighted by molar-refractivity contribution is 8.00. The Hall–Kier alpha value is 0.300. The summed E-state index contributed by atoms with van der Waals surface area (Å²) >= 11 is 9.63. The predicted octanol–water partition coefficient (Wildman–Crippen LogP) is 3.17. The molecule has 14 heavy (non-hydrogen) atoms. The smallest absolute Gasteiger partial charge is 0.0931 e. The molecule has 0 radical (unpaired) electrons. The Bertz CT molecular complexity index is 305. The van der Waals surface area contributed by atoms with E-state index >= 15 is 0 Å². The van der Waals surface area contributed by atoms with Crippen LogP contribution in [0.1, 0.15) is 17.7 Å². The first-order chi connectivity index (χ1) is 6.74. The molecule has 1 unspecified atom stereocenters. The summed E-state index contributed by atoms with van der Waals surface area (Å²) in [4.78, 5) is 1.37. The molecule has 4 heteroatoms. The van der Waals surface area contributed by atoms with Crippen LogP contribution in [0.5, 0.6) is 0 Å². The molecule has 0 aromatic carbocycles. The lowest BCUT2D eigenvalue weighted by molar-refractivity contribution is 0.569. The maximum atomic E-state index is 5.91. The Morgan fingerprint density at radius 1 is 1.50 bits per heavy atom. The Balaban J connectivity index is 2.08. The van der Waals surface area contributed by atoms with E-state index in [2.05, 4.69) is 6.07 Å². The fourth-order valence-electron chi connectivity index (χ4n) is 1.89. The minimum absolute atomic E-state index is 0.300. The van der Waals surface area contributed by atoms with Crippen molar-refractivity contribution in [3.8, 4) is 0 Å². The Morgan fingerprint density at radius 3 is 2.86 bits per heavy atom. The van der Waals surface area contributed by atoms with E-state index in [1.165, 1.54) is 23.5 Å². The van der Waals surface area contributed by atoms with E-state index in [1.807, 2.05) is 17.8 Å². The van der Waals surface area contributed by atoms with Crippen molar-refractivity contribution in [2.45, 2.75) is 24.0 Å². The fourth-order valence-corrected chi connectivity index (χ4v) is 4.60. The highest BCUT2D eigenvalue weighted by Gasteiger charge is 2.33.